The molecule has 1 spiro atoms. The third-order valence-electron chi connectivity index (χ3n) is 8.85. The minimum atomic E-state index is -0.225. The molecule has 5 aromatic rings. The molecule has 2 aliphatic carbocycles. The molecule has 0 heterocycles. The van der Waals surface area contributed by atoms with E-state index < -0.39 is 0 Å². The zero-order chi connectivity index (χ0) is 28.7. The second-order valence-electron chi connectivity index (χ2n) is 11.8. The second-order valence-corrected chi connectivity index (χ2v) is 15.0. The third kappa shape index (κ3) is 4.83. The molecule has 0 saturated heterocycles. The number of fused-ring (bicyclic) bond motifs is 5. The summed E-state index contributed by atoms with van der Waals surface area (Å²) in [6.45, 7) is 4.00. The number of carbonyl (C=O) groups excluding carboxylic acids is 1. The van der Waals surface area contributed by atoms with Gasteiger partial charge < -0.3 is 0 Å². The van der Waals surface area contributed by atoms with Crippen molar-refractivity contribution in [1.82, 2.24) is 0 Å². The van der Waals surface area contributed by atoms with Crippen LogP contribution in [0, 0.1) is 5.92 Å². The summed E-state index contributed by atoms with van der Waals surface area (Å²) in [5.74, 6) is 0.241. The number of hydrogen-bond acceptors (Lipinski definition) is 2. The van der Waals surface area contributed by atoms with Gasteiger partial charge >= 0.3 is 0 Å². The Morgan fingerprint density at radius 2 is 1.19 bits per heavy atom. The lowest BCUT2D eigenvalue weighted by Crippen LogP contribution is -2.21. The normalized spacial score (nSPS) is 15.5. The lowest BCUT2D eigenvalue weighted by molar-refractivity contribution is 0.0939. The summed E-state index contributed by atoms with van der Waals surface area (Å²) >= 11 is 1.81. The maximum atomic E-state index is 13.0. The highest BCUT2D eigenvalue weighted by Crippen LogP contribution is 2.57. The predicted molar refractivity (Wildman–Crippen MR) is 176 cm³/mol. The molecule has 1 unspecified atom stereocenters. The van der Waals surface area contributed by atoms with Crippen molar-refractivity contribution in [3.05, 3.63) is 138 Å². The van der Waals surface area contributed by atoms with Crippen molar-refractivity contribution in [3.8, 4) is 11.1 Å². The average molecular weight is 584 g/mol. The van der Waals surface area contributed by atoms with Gasteiger partial charge in [-0.1, -0.05) is 87.0 Å². The van der Waals surface area contributed by atoms with Crippen LogP contribution >= 0.6 is 11.8 Å². The number of benzene rings is 5. The summed E-state index contributed by atoms with van der Waals surface area (Å²) in [6.07, 6.45) is 4.77. The van der Waals surface area contributed by atoms with Crippen LogP contribution in [0.4, 0.5) is 0 Å². The van der Waals surface area contributed by atoms with Crippen LogP contribution in [0.2, 0.25) is 0 Å². The zero-order valence-electron chi connectivity index (χ0n) is 24.2. The summed E-state index contributed by atoms with van der Waals surface area (Å²) < 4.78 is 0. The maximum absolute atomic E-state index is 13.0. The largest absolute Gasteiger partial charge is 0.294 e. The number of Topliss-reactive ketones (excluding diaryl/α,β-unsaturated/α-hetero) is 1. The number of rotatable bonds is 7. The van der Waals surface area contributed by atoms with Crippen molar-refractivity contribution in [3.63, 3.8) is 0 Å². The van der Waals surface area contributed by atoms with E-state index in [1.54, 1.807) is 11.8 Å². The molecule has 2 aliphatic rings. The summed E-state index contributed by atoms with van der Waals surface area (Å²) in [7, 11) is -0.225. The van der Waals surface area contributed by atoms with Crippen LogP contribution in [0.25, 0.3) is 11.1 Å². The minimum absolute atomic E-state index is 0.00303. The van der Waals surface area contributed by atoms with Gasteiger partial charge in [-0.15, -0.1) is 0 Å². The Hall–Kier alpha value is -3.53. The van der Waals surface area contributed by atoms with Gasteiger partial charge in [-0.25, -0.2) is 0 Å². The first kappa shape index (κ1) is 27.3. The lowest BCUT2D eigenvalue weighted by Gasteiger charge is -2.27. The Labute approximate surface area is 256 Å². The van der Waals surface area contributed by atoms with Crippen LogP contribution < -0.4 is 0 Å². The molecule has 1 atom stereocenters. The molecule has 3 heteroatoms. The van der Waals surface area contributed by atoms with Crippen molar-refractivity contribution >= 4 is 28.4 Å². The molecule has 0 aliphatic heterocycles. The van der Waals surface area contributed by atoms with Gasteiger partial charge in [0.05, 0.1) is 10.9 Å². The van der Waals surface area contributed by atoms with Gasteiger partial charge in [0, 0.05) is 26.7 Å². The molecule has 0 amide bonds. The van der Waals surface area contributed by atoms with Crippen LogP contribution in [-0.4, -0.2) is 5.78 Å². The Bertz CT molecular complexity index is 1730. The topological polar surface area (TPSA) is 17.1 Å². The van der Waals surface area contributed by atoms with E-state index in [0.717, 1.165) is 18.4 Å². The highest BCUT2D eigenvalue weighted by atomic mass is 32.2. The smallest absolute Gasteiger partial charge is 0.166 e. The van der Waals surface area contributed by atoms with E-state index in [9.17, 15) is 4.79 Å². The maximum Gasteiger partial charge on any atom is 0.166 e. The summed E-state index contributed by atoms with van der Waals surface area (Å²) in [5, 5.41) is 0. The summed E-state index contributed by atoms with van der Waals surface area (Å²) in [4.78, 5) is 19.5. The van der Waals surface area contributed by atoms with Crippen LogP contribution in [-0.2, 0) is 16.3 Å². The van der Waals surface area contributed by atoms with Gasteiger partial charge in [-0.3, -0.25) is 4.79 Å². The molecule has 0 N–H and O–H groups in total. The summed E-state index contributed by atoms with van der Waals surface area (Å²) in [5.41, 5.74) is 6.38. The quantitative estimate of drug-likeness (QED) is 0.140. The highest BCUT2D eigenvalue weighted by molar-refractivity contribution is 7.99. The second kappa shape index (κ2) is 11.3. The van der Waals surface area contributed by atoms with E-state index in [1.807, 2.05) is 13.8 Å². The van der Waals surface area contributed by atoms with Crippen LogP contribution in [0.15, 0.2) is 146 Å². The molecule has 7 rings (SSSR count). The van der Waals surface area contributed by atoms with Gasteiger partial charge in [0.15, 0.2) is 20.5 Å². The van der Waals surface area contributed by atoms with E-state index in [-0.39, 0.29) is 28.0 Å². The Kier molecular flexibility index (Phi) is 7.34. The fraction of sp³-hybridized carbons (Fsp3) is 0.205. The molecule has 0 aromatic heterocycles. The fourth-order valence-corrected chi connectivity index (χ4v) is 9.77. The SMILES string of the molecule is CC(C)C(=O)c1ccc2c(c1)C1(CCCC1)c1cc([S+](c3ccccc3)c3ccc(Sc4ccccc4)cc3)ccc1-2. The van der Waals surface area contributed by atoms with Crippen LogP contribution in [0.5, 0.6) is 0 Å². The van der Waals surface area contributed by atoms with E-state index in [1.165, 1.54) is 59.6 Å². The molecule has 0 bridgehead atoms. The molecule has 1 fully saturated rings. The molecule has 208 valence electrons. The van der Waals surface area contributed by atoms with E-state index >= 15 is 0 Å². The first-order valence-electron chi connectivity index (χ1n) is 15.0. The van der Waals surface area contributed by atoms with E-state index in [2.05, 4.69) is 121 Å². The van der Waals surface area contributed by atoms with E-state index in [4.69, 9.17) is 0 Å². The van der Waals surface area contributed by atoms with Gasteiger partial charge in [0.2, 0.25) is 0 Å². The first-order chi connectivity index (χ1) is 20.5. The minimum Gasteiger partial charge on any atom is -0.294 e. The van der Waals surface area contributed by atoms with Crippen LogP contribution in [0.1, 0.15) is 61.0 Å². The third-order valence-corrected chi connectivity index (χ3v) is 12.1. The molecule has 42 heavy (non-hydrogen) atoms. The number of hydrogen-bond donors (Lipinski definition) is 0. The molecule has 0 radical (unpaired) electrons. The first-order valence-corrected chi connectivity index (χ1v) is 17.0. The van der Waals surface area contributed by atoms with Crippen molar-refractivity contribution in [2.45, 2.75) is 69.4 Å². The standard InChI is InChI=1S/C39H35OS2/c1-27(2)38(40)28-15-21-34-35-22-20-33(26-37(35)39(36(34)25-28)23-9-10-24-39)42(31-13-7-4-8-14-31)32-18-16-30(17-19-32)41-29-11-5-3-6-12-29/h3-8,11-22,25-27H,9-10,23-24H2,1-2H3/q+1. The number of ketones is 1. The van der Waals surface area contributed by atoms with Crippen molar-refractivity contribution < 1.29 is 4.79 Å². The van der Waals surface area contributed by atoms with Crippen molar-refractivity contribution in [1.29, 1.82) is 0 Å². The molecule has 1 nitrogen and oxygen atoms in total. The lowest BCUT2D eigenvalue weighted by atomic mass is 9.76. The van der Waals surface area contributed by atoms with Gasteiger partial charge in [0.1, 0.15) is 0 Å². The summed E-state index contributed by atoms with van der Waals surface area (Å²) in [6, 6.07) is 44.5. The predicted octanol–water partition coefficient (Wildman–Crippen LogP) is 10.6. The fourth-order valence-electron chi connectivity index (χ4n) is 6.84. The van der Waals surface area contributed by atoms with Crippen molar-refractivity contribution in [2.24, 2.45) is 5.92 Å². The van der Waals surface area contributed by atoms with Gasteiger partial charge in [0.25, 0.3) is 0 Å². The van der Waals surface area contributed by atoms with Gasteiger partial charge in [-0.05, 0) is 108 Å². The monoisotopic (exact) mass is 583 g/mol. The number of carbonyl (C=O) groups is 1. The average Bonchev–Trinajstić information content (AvgIpc) is 3.63. The molecule has 1 saturated carbocycles. The highest BCUT2D eigenvalue weighted by Gasteiger charge is 2.46. The molecular formula is C39H35OS2+. The van der Waals surface area contributed by atoms with Crippen molar-refractivity contribution in [2.75, 3.05) is 0 Å². The Morgan fingerprint density at radius 3 is 1.86 bits per heavy atom. The Balaban J connectivity index is 1.31. The van der Waals surface area contributed by atoms with E-state index in [0.29, 0.717) is 0 Å². The zero-order valence-corrected chi connectivity index (χ0v) is 25.8. The molecular weight excluding hydrogens is 549 g/mol. The molecule has 5 aromatic carbocycles. The Morgan fingerprint density at radius 1 is 0.643 bits per heavy atom. The van der Waals surface area contributed by atoms with Crippen LogP contribution in [0.3, 0.4) is 0 Å². The van der Waals surface area contributed by atoms with Gasteiger partial charge in [-0.2, -0.15) is 0 Å².